The van der Waals surface area contributed by atoms with Crippen LogP contribution >= 0.6 is 0 Å². The average Bonchev–Trinajstić information content (AvgIpc) is 2.80. The number of hydrogen-bond donors (Lipinski definition) is 2. The molecule has 2 aromatic heterocycles. The van der Waals surface area contributed by atoms with Crippen molar-refractivity contribution in [1.82, 2.24) is 19.9 Å². The Kier molecular flexibility index (Phi) is 6.80. The highest BCUT2D eigenvalue weighted by Crippen LogP contribution is 2.22. The van der Waals surface area contributed by atoms with Gasteiger partial charge in [0.05, 0.1) is 7.11 Å². The first-order valence-electron chi connectivity index (χ1n) is 10.9. The van der Waals surface area contributed by atoms with Gasteiger partial charge < -0.3 is 15.0 Å². The minimum absolute atomic E-state index is 0.154. The van der Waals surface area contributed by atoms with Crippen LogP contribution in [0.5, 0.6) is 5.75 Å². The molecule has 0 bridgehead atoms. The van der Waals surface area contributed by atoms with E-state index in [0.717, 1.165) is 55.1 Å². The summed E-state index contributed by atoms with van der Waals surface area (Å²) in [4.78, 5) is 25.9. The molecular formula is C24H28FN5O2. The molecule has 0 atom stereocenters. The van der Waals surface area contributed by atoms with Crippen LogP contribution in [0.3, 0.4) is 0 Å². The minimum atomic E-state index is -0.322. The molecule has 1 saturated heterocycles. The molecule has 7 nitrogen and oxygen atoms in total. The number of likely N-dealkylation sites (tertiary alicyclic amines) is 1. The van der Waals surface area contributed by atoms with Crippen molar-refractivity contribution in [3.8, 4) is 17.1 Å². The van der Waals surface area contributed by atoms with Gasteiger partial charge in [0.15, 0.2) is 11.6 Å². The van der Waals surface area contributed by atoms with E-state index in [0.29, 0.717) is 18.3 Å². The number of rotatable bonds is 7. The number of aryl methyl sites for hydroxylation is 1. The number of hydrogen-bond acceptors (Lipinski definition) is 6. The van der Waals surface area contributed by atoms with Crippen LogP contribution < -0.4 is 15.6 Å². The second-order valence-electron chi connectivity index (χ2n) is 8.03. The lowest BCUT2D eigenvalue weighted by Gasteiger charge is -2.32. The molecule has 4 rings (SSSR count). The molecule has 0 radical (unpaired) electrons. The zero-order chi connectivity index (χ0) is 22.5. The summed E-state index contributed by atoms with van der Waals surface area (Å²) in [7, 11) is 1.47. The van der Waals surface area contributed by atoms with Crippen LogP contribution in [0.25, 0.3) is 11.4 Å². The second-order valence-corrected chi connectivity index (χ2v) is 8.03. The number of halogens is 1. The first kappa shape index (κ1) is 22.0. The molecular weight excluding hydrogens is 409 g/mol. The summed E-state index contributed by atoms with van der Waals surface area (Å²) in [5, 5.41) is 3.50. The summed E-state index contributed by atoms with van der Waals surface area (Å²) in [6, 6.07) is 10.8. The fraction of sp³-hybridized carbons (Fsp3) is 0.375. The number of aromatic amines is 1. The van der Waals surface area contributed by atoms with Gasteiger partial charge in [-0.1, -0.05) is 13.0 Å². The maximum atomic E-state index is 13.9. The second kappa shape index (κ2) is 9.91. The van der Waals surface area contributed by atoms with E-state index in [4.69, 9.17) is 4.74 Å². The third-order valence-electron chi connectivity index (χ3n) is 5.76. The summed E-state index contributed by atoms with van der Waals surface area (Å²) >= 11 is 0. The smallest absolute Gasteiger partial charge is 0.251 e. The summed E-state index contributed by atoms with van der Waals surface area (Å²) in [5.74, 6) is 1.29. The van der Waals surface area contributed by atoms with Crippen LogP contribution in [0, 0.1) is 5.82 Å². The molecule has 1 aliphatic rings. The Morgan fingerprint density at radius 3 is 2.69 bits per heavy atom. The number of benzene rings is 1. The van der Waals surface area contributed by atoms with E-state index in [1.165, 1.54) is 13.2 Å². The van der Waals surface area contributed by atoms with Crippen LogP contribution in [0.2, 0.25) is 0 Å². The third kappa shape index (κ3) is 5.31. The summed E-state index contributed by atoms with van der Waals surface area (Å²) in [5.41, 5.74) is 2.34. The normalized spacial score (nSPS) is 15.0. The van der Waals surface area contributed by atoms with E-state index in [2.05, 4.69) is 25.2 Å². The van der Waals surface area contributed by atoms with Crippen molar-refractivity contribution in [2.45, 2.75) is 38.8 Å². The van der Waals surface area contributed by atoms with Crippen molar-refractivity contribution in [2.75, 3.05) is 25.5 Å². The topological polar surface area (TPSA) is 83.1 Å². The standard InChI is InChI=1S/C24H28FN5O2/c1-3-18-13-23(31)29-24(28-18)17-5-7-22(26-14-17)27-19-8-10-30(11-9-19)15-16-4-6-21(32-2)20(25)12-16/h4-7,12-14,19H,3,8-11,15H2,1-2H3,(H,26,27)(H,28,29,31). The lowest BCUT2D eigenvalue weighted by atomic mass is 10.0. The molecule has 32 heavy (non-hydrogen) atoms. The van der Waals surface area contributed by atoms with Gasteiger partial charge in [-0.3, -0.25) is 9.69 Å². The number of methoxy groups -OCH3 is 1. The van der Waals surface area contributed by atoms with Crippen molar-refractivity contribution < 1.29 is 9.13 Å². The molecule has 0 saturated carbocycles. The minimum Gasteiger partial charge on any atom is -0.494 e. The Morgan fingerprint density at radius 2 is 2.03 bits per heavy atom. The molecule has 3 aromatic rings. The molecule has 3 heterocycles. The Balaban J connectivity index is 1.31. The summed E-state index contributed by atoms with van der Waals surface area (Å²) in [6.07, 6.45) is 4.40. The van der Waals surface area contributed by atoms with E-state index >= 15 is 0 Å². The van der Waals surface area contributed by atoms with E-state index < -0.39 is 0 Å². The summed E-state index contributed by atoms with van der Waals surface area (Å²) < 4.78 is 18.9. The number of anilines is 1. The highest BCUT2D eigenvalue weighted by atomic mass is 19.1. The molecule has 0 spiro atoms. The van der Waals surface area contributed by atoms with Gasteiger partial charge in [-0.05, 0) is 49.1 Å². The molecule has 1 fully saturated rings. The Hall–Kier alpha value is -3.26. The summed E-state index contributed by atoms with van der Waals surface area (Å²) in [6.45, 7) is 4.55. The highest BCUT2D eigenvalue weighted by molar-refractivity contribution is 5.56. The SMILES string of the molecule is CCc1cc(=O)[nH]c(-c2ccc(NC3CCN(Cc4ccc(OC)c(F)c4)CC3)nc2)n1. The van der Waals surface area contributed by atoms with Crippen LogP contribution in [-0.2, 0) is 13.0 Å². The molecule has 2 N–H and O–H groups in total. The average molecular weight is 438 g/mol. The maximum absolute atomic E-state index is 13.9. The van der Waals surface area contributed by atoms with E-state index in [9.17, 15) is 9.18 Å². The van der Waals surface area contributed by atoms with Gasteiger partial charge in [0.1, 0.15) is 11.6 Å². The number of aromatic nitrogens is 3. The zero-order valence-electron chi connectivity index (χ0n) is 18.4. The van der Waals surface area contributed by atoms with Crippen molar-refractivity contribution in [3.05, 3.63) is 70.0 Å². The number of nitrogens with zero attached hydrogens (tertiary/aromatic N) is 3. The van der Waals surface area contributed by atoms with E-state index in [-0.39, 0.29) is 17.1 Å². The quantitative estimate of drug-likeness (QED) is 0.588. The predicted molar refractivity (Wildman–Crippen MR) is 122 cm³/mol. The lowest BCUT2D eigenvalue weighted by Crippen LogP contribution is -2.38. The number of ether oxygens (including phenoxy) is 1. The Labute approximate surface area is 186 Å². The molecule has 0 unspecified atom stereocenters. The number of H-pyrrole nitrogens is 1. The molecule has 1 aromatic carbocycles. The van der Waals surface area contributed by atoms with Crippen LogP contribution in [0.4, 0.5) is 10.2 Å². The van der Waals surface area contributed by atoms with E-state index in [1.807, 2.05) is 25.1 Å². The van der Waals surface area contributed by atoms with Crippen LogP contribution in [0.1, 0.15) is 31.0 Å². The van der Waals surface area contributed by atoms with Gasteiger partial charge in [-0.2, -0.15) is 0 Å². The van der Waals surface area contributed by atoms with Crippen LogP contribution in [-0.4, -0.2) is 46.1 Å². The zero-order valence-corrected chi connectivity index (χ0v) is 18.4. The van der Waals surface area contributed by atoms with Crippen molar-refractivity contribution in [1.29, 1.82) is 0 Å². The fourth-order valence-corrected chi connectivity index (χ4v) is 3.96. The number of piperidine rings is 1. The van der Waals surface area contributed by atoms with Gasteiger partial charge in [-0.25, -0.2) is 14.4 Å². The van der Waals surface area contributed by atoms with Gasteiger partial charge in [-0.15, -0.1) is 0 Å². The third-order valence-corrected chi connectivity index (χ3v) is 5.76. The lowest BCUT2D eigenvalue weighted by molar-refractivity contribution is 0.211. The molecule has 8 heteroatoms. The molecule has 168 valence electrons. The first-order valence-corrected chi connectivity index (χ1v) is 10.9. The monoisotopic (exact) mass is 437 g/mol. The van der Waals surface area contributed by atoms with Crippen molar-refractivity contribution in [2.24, 2.45) is 0 Å². The largest absolute Gasteiger partial charge is 0.494 e. The van der Waals surface area contributed by atoms with Gasteiger partial charge in [0.25, 0.3) is 5.56 Å². The molecule has 1 aliphatic heterocycles. The molecule has 0 amide bonds. The predicted octanol–water partition coefficient (Wildman–Crippen LogP) is 3.62. The fourth-order valence-electron chi connectivity index (χ4n) is 3.96. The van der Waals surface area contributed by atoms with Crippen molar-refractivity contribution in [3.63, 3.8) is 0 Å². The Bertz CT molecular complexity index is 1110. The Morgan fingerprint density at radius 1 is 1.22 bits per heavy atom. The van der Waals surface area contributed by atoms with Crippen molar-refractivity contribution >= 4 is 5.82 Å². The molecule has 0 aliphatic carbocycles. The van der Waals surface area contributed by atoms with Gasteiger partial charge >= 0.3 is 0 Å². The van der Waals surface area contributed by atoms with Gasteiger partial charge in [0.2, 0.25) is 0 Å². The number of nitrogens with one attached hydrogen (secondary N) is 2. The van der Waals surface area contributed by atoms with Crippen LogP contribution in [0.15, 0.2) is 47.4 Å². The maximum Gasteiger partial charge on any atom is 0.251 e. The highest BCUT2D eigenvalue weighted by Gasteiger charge is 2.20. The number of pyridine rings is 1. The van der Waals surface area contributed by atoms with Gasteiger partial charge in [0, 0.05) is 49.2 Å². The first-order chi connectivity index (χ1) is 15.5. The van der Waals surface area contributed by atoms with E-state index in [1.54, 1.807) is 18.3 Å².